The van der Waals surface area contributed by atoms with Gasteiger partial charge in [-0.15, -0.1) is 0 Å². The molecule has 0 bridgehead atoms. The number of allylic oxidation sites excluding steroid dienone is 1. The molecule has 6 N–H and O–H groups in total. The topological polar surface area (TPSA) is 145 Å². The number of primary amides is 1. The lowest BCUT2D eigenvalue weighted by atomic mass is 10.1. The predicted molar refractivity (Wildman–Crippen MR) is 113 cm³/mol. The highest BCUT2D eigenvalue weighted by Gasteiger charge is 2.16. The summed E-state index contributed by atoms with van der Waals surface area (Å²) in [5.74, 6) is -1.94. The Morgan fingerprint density at radius 3 is 2.40 bits per heavy atom. The van der Waals surface area contributed by atoms with Crippen molar-refractivity contribution in [3.63, 3.8) is 0 Å². The van der Waals surface area contributed by atoms with E-state index in [9.17, 15) is 19.5 Å². The molecule has 0 heterocycles. The molecule has 1 unspecified atom stereocenters. The van der Waals surface area contributed by atoms with Gasteiger partial charge in [-0.25, -0.2) is 0 Å². The summed E-state index contributed by atoms with van der Waals surface area (Å²) in [7, 11) is 0. The van der Waals surface area contributed by atoms with E-state index in [0.717, 1.165) is 18.9 Å². The number of carbonyl (C=O) groups is 3. The Balaban J connectivity index is 2.15. The maximum Gasteiger partial charge on any atom is 0.264 e. The van der Waals surface area contributed by atoms with Gasteiger partial charge >= 0.3 is 0 Å². The summed E-state index contributed by atoms with van der Waals surface area (Å²) in [4.78, 5) is 35.7. The molecule has 0 aromatic heterocycles. The smallest absolute Gasteiger partial charge is 0.264 e. The largest absolute Gasteiger partial charge is 0.505 e. The maximum atomic E-state index is 12.5. The molecule has 2 amide bonds. The van der Waals surface area contributed by atoms with E-state index < -0.39 is 29.0 Å². The van der Waals surface area contributed by atoms with Crippen molar-refractivity contribution in [3.05, 3.63) is 65.4 Å². The predicted octanol–water partition coefficient (Wildman–Crippen LogP) is 2.72. The SMILES string of the molecule is CCCC(C)Oc1ccc(C(=O)Nc2cccc(C(=O)C=C(N)C(N)=O)c2O)cc1. The molecule has 0 radical (unpaired) electrons. The number of amides is 2. The number of ketones is 1. The number of anilines is 1. The number of hydrogen-bond acceptors (Lipinski definition) is 6. The van der Waals surface area contributed by atoms with Crippen molar-refractivity contribution < 1.29 is 24.2 Å². The van der Waals surface area contributed by atoms with Crippen LogP contribution < -0.4 is 21.5 Å². The first-order chi connectivity index (χ1) is 14.2. The normalized spacial score (nSPS) is 12.1. The molecular weight excluding hydrogens is 386 g/mol. The lowest BCUT2D eigenvalue weighted by molar-refractivity contribution is -0.114. The highest BCUT2D eigenvalue weighted by Crippen LogP contribution is 2.29. The van der Waals surface area contributed by atoms with Crippen molar-refractivity contribution in [1.29, 1.82) is 0 Å². The van der Waals surface area contributed by atoms with E-state index in [1.165, 1.54) is 18.2 Å². The van der Waals surface area contributed by atoms with Crippen LogP contribution in [0.15, 0.2) is 54.2 Å². The number of nitrogens with two attached hydrogens (primary N) is 2. The van der Waals surface area contributed by atoms with Crippen LogP contribution in [-0.4, -0.2) is 28.8 Å². The van der Waals surface area contributed by atoms with Gasteiger partial charge in [-0.2, -0.15) is 0 Å². The Morgan fingerprint density at radius 2 is 1.80 bits per heavy atom. The van der Waals surface area contributed by atoms with Crippen molar-refractivity contribution in [2.75, 3.05) is 5.32 Å². The number of phenolic OH excluding ortho intramolecular Hbond substituents is 1. The third-order valence-electron chi connectivity index (χ3n) is 4.27. The van der Waals surface area contributed by atoms with Gasteiger partial charge in [0.05, 0.1) is 17.4 Å². The van der Waals surface area contributed by atoms with E-state index in [1.54, 1.807) is 24.3 Å². The zero-order chi connectivity index (χ0) is 22.3. The third kappa shape index (κ3) is 5.84. The van der Waals surface area contributed by atoms with E-state index in [0.29, 0.717) is 11.3 Å². The Labute approximate surface area is 174 Å². The summed E-state index contributed by atoms with van der Waals surface area (Å²) in [6, 6.07) is 10.8. The molecule has 1 atom stereocenters. The van der Waals surface area contributed by atoms with E-state index in [4.69, 9.17) is 16.2 Å². The molecule has 2 aromatic carbocycles. The minimum absolute atomic E-state index is 0.0359. The Kier molecular flexibility index (Phi) is 7.57. The van der Waals surface area contributed by atoms with Crippen LogP contribution in [-0.2, 0) is 4.79 Å². The first kappa shape index (κ1) is 22.5. The number of carbonyl (C=O) groups excluding carboxylic acids is 3. The van der Waals surface area contributed by atoms with Gasteiger partial charge in [0.15, 0.2) is 5.78 Å². The molecule has 8 heteroatoms. The molecule has 2 rings (SSSR count). The molecule has 0 fully saturated rings. The second-order valence-electron chi connectivity index (χ2n) is 6.73. The number of aromatic hydroxyl groups is 1. The monoisotopic (exact) mass is 411 g/mol. The van der Waals surface area contributed by atoms with E-state index in [-0.39, 0.29) is 17.4 Å². The van der Waals surface area contributed by atoms with Crippen LogP contribution in [0.2, 0.25) is 0 Å². The zero-order valence-corrected chi connectivity index (χ0v) is 16.8. The number of ether oxygens (including phenoxy) is 1. The van der Waals surface area contributed by atoms with Crippen LogP contribution in [0.3, 0.4) is 0 Å². The van der Waals surface area contributed by atoms with Crippen molar-refractivity contribution in [1.82, 2.24) is 0 Å². The van der Waals surface area contributed by atoms with Crippen LogP contribution in [0.25, 0.3) is 0 Å². The standard InChI is InChI=1S/C22H25N3O5/c1-3-5-13(2)30-15-10-8-14(9-11-15)22(29)25-18-7-4-6-16(20(18)27)19(26)12-17(23)21(24)28/h4,6-13,27H,3,5,23H2,1-2H3,(H2,24,28)(H,25,29). The maximum absolute atomic E-state index is 12.5. The van der Waals surface area contributed by atoms with Gasteiger partial charge in [0.25, 0.3) is 11.8 Å². The molecule has 0 aliphatic heterocycles. The summed E-state index contributed by atoms with van der Waals surface area (Å²) < 4.78 is 5.76. The minimum Gasteiger partial charge on any atom is -0.505 e. The molecule has 0 saturated carbocycles. The number of rotatable bonds is 9. The summed E-state index contributed by atoms with van der Waals surface area (Å²) in [6.07, 6.45) is 2.83. The minimum atomic E-state index is -0.955. The zero-order valence-electron chi connectivity index (χ0n) is 16.8. The first-order valence-corrected chi connectivity index (χ1v) is 9.44. The second kappa shape index (κ2) is 10.1. The van der Waals surface area contributed by atoms with Crippen LogP contribution >= 0.6 is 0 Å². The average molecular weight is 411 g/mol. The summed E-state index contributed by atoms with van der Waals surface area (Å²) in [6.45, 7) is 4.06. The summed E-state index contributed by atoms with van der Waals surface area (Å²) in [5.41, 5.74) is 10.2. The van der Waals surface area contributed by atoms with Crippen LogP contribution in [0.1, 0.15) is 47.4 Å². The molecule has 2 aromatic rings. The van der Waals surface area contributed by atoms with Gasteiger partial charge in [-0.1, -0.05) is 19.4 Å². The quantitative estimate of drug-likeness (QED) is 0.284. The van der Waals surface area contributed by atoms with Gasteiger partial charge in [0, 0.05) is 11.6 Å². The number of nitrogens with one attached hydrogen (secondary N) is 1. The number of para-hydroxylation sites is 1. The highest BCUT2D eigenvalue weighted by molar-refractivity contribution is 6.12. The fraction of sp³-hybridized carbons (Fsp3) is 0.227. The Hall–Kier alpha value is -3.81. The highest BCUT2D eigenvalue weighted by atomic mass is 16.5. The Bertz CT molecular complexity index is 967. The van der Waals surface area contributed by atoms with E-state index in [2.05, 4.69) is 12.2 Å². The number of phenols is 1. The molecule has 0 aliphatic rings. The van der Waals surface area contributed by atoms with Gasteiger partial charge in [0.1, 0.15) is 17.2 Å². The van der Waals surface area contributed by atoms with Crippen LogP contribution in [0, 0.1) is 0 Å². The molecule has 8 nitrogen and oxygen atoms in total. The molecule has 158 valence electrons. The van der Waals surface area contributed by atoms with Gasteiger partial charge in [-0.3, -0.25) is 14.4 Å². The third-order valence-corrected chi connectivity index (χ3v) is 4.27. The molecule has 0 saturated heterocycles. The lowest BCUT2D eigenvalue weighted by Crippen LogP contribution is -2.21. The van der Waals surface area contributed by atoms with Gasteiger partial charge < -0.3 is 26.6 Å². The van der Waals surface area contributed by atoms with Crippen molar-refractivity contribution in [2.24, 2.45) is 11.5 Å². The molecular formula is C22H25N3O5. The molecule has 30 heavy (non-hydrogen) atoms. The van der Waals surface area contributed by atoms with Crippen LogP contribution in [0.4, 0.5) is 5.69 Å². The number of benzene rings is 2. The van der Waals surface area contributed by atoms with Crippen molar-refractivity contribution in [2.45, 2.75) is 32.8 Å². The van der Waals surface area contributed by atoms with Crippen LogP contribution in [0.5, 0.6) is 11.5 Å². The molecule has 0 spiro atoms. The van der Waals surface area contributed by atoms with Gasteiger partial charge in [-0.05, 0) is 49.7 Å². The first-order valence-electron chi connectivity index (χ1n) is 9.44. The summed E-state index contributed by atoms with van der Waals surface area (Å²) in [5, 5.41) is 12.9. The van der Waals surface area contributed by atoms with E-state index >= 15 is 0 Å². The fourth-order valence-corrected chi connectivity index (χ4v) is 2.71. The van der Waals surface area contributed by atoms with E-state index in [1.807, 2.05) is 6.92 Å². The second-order valence-corrected chi connectivity index (χ2v) is 6.73. The molecule has 0 aliphatic carbocycles. The lowest BCUT2D eigenvalue weighted by Gasteiger charge is -2.14. The Morgan fingerprint density at radius 1 is 1.13 bits per heavy atom. The number of hydrogen-bond donors (Lipinski definition) is 4. The van der Waals surface area contributed by atoms with Crippen molar-refractivity contribution >= 4 is 23.3 Å². The fourth-order valence-electron chi connectivity index (χ4n) is 2.71. The van der Waals surface area contributed by atoms with Crippen molar-refractivity contribution in [3.8, 4) is 11.5 Å². The van der Waals surface area contributed by atoms with Gasteiger partial charge in [0.2, 0.25) is 0 Å². The average Bonchev–Trinajstić information content (AvgIpc) is 2.70. The summed E-state index contributed by atoms with van der Waals surface area (Å²) >= 11 is 0.